The molecule has 26 heavy (non-hydrogen) atoms. The zero-order valence-corrected chi connectivity index (χ0v) is 14.2. The van der Waals surface area contributed by atoms with Crippen molar-refractivity contribution in [3.05, 3.63) is 30.3 Å². The maximum atomic E-state index is 12.4. The van der Waals surface area contributed by atoms with Crippen LogP contribution < -0.4 is 19.9 Å². The van der Waals surface area contributed by atoms with Crippen molar-refractivity contribution < 1.29 is 17.9 Å². The molecule has 1 fully saturated rings. The Balaban J connectivity index is 1.69. The Bertz CT molecular complexity index is 720. The molecular weight excluding hydrogens is 349 g/mol. The summed E-state index contributed by atoms with van der Waals surface area (Å²) in [5.74, 6) is 0.465. The standard InChI is InChI=1S/C16H19F3N6O/c1-20-13-21-14(23-15(22-13)26-11-16(17,18)19)25-9-7-24(8-10-25)12-5-3-2-4-6-12/h2-6H,7-11H2,1H3,(H,20,21,22,23). The third-order valence-corrected chi connectivity index (χ3v) is 3.88. The Morgan fingerprint density at radius 3 is 2.27 bits per heavy atom. The third kappa shape index (κ3) is 4.64. The number of hydrogen-bond acceptors (Lipinski definition) is 7. The summed E-state index contributed by atoms with van der Waals surface area (Å²) in [6.45, 7) is 1.34. The van der Waals surface area contributed by atoms with Gasteiger partial charge >= 0.3 is 12.2 Å². The molecule has 0 spiro atoms. The maximum Gasteiger partial charge on any atom is 0.422 e. The molecule has 1 saturated heterocycles. The zero-order chi connectivity index (χ0) is 18.6. The van der Waals surface area contributed by atoms with Gasteiger partial charge in [-0.15, -0.1) is 0 Å². The molecule has 1 N–H and O–H groups in total. The second-order valence-corrected chi connectivity index (χ2v) is 5.71. The minimum Gasteiger partial charge on any atom is -0.454 e. The first-order valence-corrected chi connectivity index (χ1v) is 8.13. The summed E-state index contributed by atoms with van der Waals surface area (Å²) in [5, 5.41) is 2.72. The number of piperazine rings is 1. The van der Waals surface area contributed by atoms with E-state index in [1.165, 1.54) is 0 Å². The van der Waals surface area contributed by atoms with E-state index in [4.69, 9.17) is 0 Å². The van der Waals surface area contributed by atoms with Crippen LogP contribution in [0.4, 0.5) is 30.8 Å². The number of para-hydroxylation sites is 1. The van der Waals surface area contributed by atoms with Gasteiger partial charge in [-0.25, -0.2) is 0 Å². The van der Waals surface area contributed by atoms with Crippen molar-refractivity contribution in [3.63, 3.8) is 0 Å². The lowest BCUT2D eigenvalue weighted by Crippen LogP contribution is -2.47. The summed E-state index contributed by atoms with van der Waals surface area (Å²) in [6, 6.07) is 9.67. The van der Waals surface area contributed by atoms with Crippen LogP contribution in [0.3, 0.4) is 0 Å². The maximum absolute atomic E-state index is 12.4. The molecule has 1 aliphatic rings. The van der Waals surface area contributed by atoms with Crippen LogP contribution >= 0.6 is 0 Å². The van der Waals surface area contributed by atoms with Crippen LogP contribution in [0.1, 0.15) is 0 Å². The lowest BCUT2D eigenvalue weighted by atomic mass is 10.2. The molecule has 0 radical (unpaired) electrons. The summed E-state index contributed by atoms with van der Waals surface area (Å²) in [5.41, 5.74) is 1.13. The molecule has 0 atom stereocenters. The Labute approximate surface area is 148 Å². The first-order valence-electron chi connectivity index (χ1n) is 8.13. The molecule has 0 bridgehead atoms. The molecule has 10 heteroatoms. The quantitative estimate of drug-likeness (QED) is 0.868. The fourth-order valence-electron chi connectivity index (χ4n) is 2.61. The second kappa shape index (κ2) is 7.63. The molecule has 2 heterocycles. The highest BCUT2D eigenvalue weighted by atomic mass is 19.4. The molecule has 0 aliphatic carbocycles. The van der Waals surface area contributed by atoms with Crippen LogP contribution in [0.2, 0.25) is 0 Å². The molecular formula is C16H19F3N6O. The van der Waals surface area contributed by atoms with E-state index < -0.39 is 12.8 Å². The second-order valence-electron chi connectivity index (χ2n) is 5.71. The molecule has 1 aromatic carbocycles. The molecule has 140 valence electrons. The number of ether oxygens (including phenoxy) is 1. The Kier molecular flexibility index (Phi) is 5.29. The topological polar surface area (TPSA) is 66.4 Å². The van der Waals surface area contributed by atoms with Crippen molar-refractivity contribution in [1.29, 1.82) is 0 Å². The van der Waals surface area contributed by atoms with E-state index in [-0.39, 0.29) is 12.0 Å². The van der Waals surface area contributed by atoms with Crippen molar-refractivity contribution in [3.8, 4) is 6.01 Å². The Hall–Kier alpha value is -2.78. The van der Waals surface area contributed by atoms with Crippen LogP contribution in [0.15, 0.2) is 30.3 Å². The van der Waals surface area contributed by atoms with Crippen molar-refractivity contribution in [2.45, 2.75) is 6.18 Å². The number of rotatable bonds is 5. The van der Waals surface area contributed by atoms with Gasteiger partial charge in [-0.05, 0) is 12.1 Å². The van der Waals surface area contributed by atoms with E-state index in [0.29, 0.717) is 19.0 Å². The van der Waals surface area contributed by atoms with E-state index in [2.05, 4.69) is 29.9 Å². The highest BCUT2D eigenvalue weighted by Gasteiger charge is 2.29. The summed E-state index contributed by atoms with van der Waals surface area (Å²) < 4.78 is 41.7. The normalized spacial score (nSPS) is 15.1. The smallest absolute Gasteiger partial charge is 0.422 e. The van der Waals surface area contributed by atoms with Gasteiger partial charge in [-0.3, -0.25) is 0 Å². The van der Waals surface area contributed by atoms with E-state index in [1.807, 2.05) is 35.2 Å². The molecule has 0 saturated carbocycles. The van der Waals surface area contributed by atoms with Gasteiger partial charge in [0.25, 0.3) is 0 Å². The molecule has 7 nitrogen and oxygen atoms in total. The number of benzene rings is 1. The first-order chi connectivity index (χ1) is 12.4. The number of alkyl halides is 3. The number of anilines is 3. The van der Waals surface area contributed by atoms with Crippen molar-refractivity contribution in [1.82, 2.24) is 15.0 Å². The molecule has 1 aromatic heterocycles. The summed E-state index contributed by atoms with van der Waals surface area (Å²) in [4.78, 5) is 16.2. The van der Waals surface area contributed by atoms with E-state index in [1.54, 1.807) is 7.05 Å². The van der Waals surface area contributed by atoms with E-state index in [9.17, 15) is 13.2 Å². The fraction of sp³-hybridized carbons (Fsp3) is 0.438. The van der Waals surface area contributed by atoms with Gasteiger partial charge in [0.05, 0.1) is 0 Å². The van der Waals surface area contributed by atoms with Crippen molar-refractivity contribution in [2.24, 2.45) is 0 Å². The molecule has 0 amide bonds. The highest BCUT2D eigenvalue weighted by molar-refractivity contribution is 5.48. The van der Waals surface area contributed by atoms with Crippen LogP contribution in [-0.4, -0.2) is 61.0 Å². The molecule has 0 unspecified atom stereocenters. The number of halogens is 3. The highest BCUT2D eigenvalue weighted by Crippen LogP contribution is 2.21. The van der Waals surface area contributed by atoms with Crippen LogP contribution in [0, 0.1) is 0 Å². The number of nitrogens with zero attached hydrogens (tertiary/aromatic N) is 5. The fourth-order valence-corrected chi connectivity index (χ4v) is 2.61. The lowest BCUT2D eigenvalue weighted by molar-refractivity contribution is -0.154. The third-order valence-electron chi connectivity index (χ3n) is 3.88. The van der Waals surface area contributed by atoms with Gasteiger partial charge < -0.3 is 19.9 Å². The van der Waals surface area contributed by atoms with E-state index in [0.717, 1.165) is 18.8 Å². The number of nitrogens with one attached hydrogen (secondary N) is 1. The first kappa shape index (κ1) is 18.0. The molecule has 1 aliphatic heterocycles. The lowest BCUT2D eigenvalue weighted by Gasteiger charge is -2.36. The molecule has 2 aromatic rings. The Morgan fingerprint density at radius 1 is 1.00 bits per heavy atom. The monoisotopic (exact) mass is 368 g/mol. The largest absolute Gasteiger partial charge is 0.454 e. The van der Waals surface area contributed by atoms with Gasteiger partial charge in [-0.2, -0.15) is 28.1 Å². The predicted octanol–water partition coefficient (Wildman–Crippen LogP) is 2.18. The summed E-state index contributed by atoms with van der Waals surface area (Å²) >= 11 is 0. The van der Waals surface area contributed by atoms with Gasteiger partial charge in [0, 0.05) is 38.9 Å². The van der Waals surface area contributed by atoms with Crippen molar-refractivity contribution in [2.75, 3.05) is 55.0 Å². The minimum atomic E-state index is -4.45. The van der Waals surface area contributed by atoms with E-state index >= 15 is 0 Å². The van der Waals surface area contributed by atoms with Crippen LogP contribution in [-0.2, 0) is 0 Å². The molecule has 3 rings (SSSR count). The van der Waals surface area contributed by atoms with Gasteiger partial charge in [0.15, 0.2) is 6.61 Å². The van der Waals surface area contributed by atoms with Crippen LogP contribution in [0.5, 0.6) is 6.01 Å². The minimum absolute atomic E-state index is 0.165. The Morgan fingerprint density at radius 2 is 1.65 bits per heavy atom. The van der Waals surface area contributed by atoms with Gasteiger partial charge in [0.1, 0.15) is 0 Å². The summed E-state index contributed by atoms with van der Waals surface area (Å²) in [6.07, 6.45) is -4.45. The SMILES string of the molecule is CNc1nc(OCC(F)(F)F)nc(N2CCN(c3ccccc3)CC2)n1. The average Bonchev–Trinajstić information content (AvgIpc) is 2.66. The number of hydrogen-bond donors (Lipinski definition) is 1. The van der Waals surface area contributed by atoms with Gasteiger partial charge in [-0.1, -0.05) is 18.2 Å². The van der Waals surface area contributed by atoms with Crippen LogP contribution in [0.25, 0.3) is 0 Å². The average molecular weight is 368 g/mol. The zero-order valence-electron chi connectivity index (χ0n) is 14.2. The van der Waals surface area contributed by atoms with Gasteiger partial charge in [0.2, 0.25) is 11.9 Å². The predicted molar refractivity (Wildman–Crippen MR) is 91.8 cm³/mol. The summed E-state index contributed by atoms with van der Waals surface area (Å²) in [7, 11) is 1.58. The number of aromatic nitrogens is 3. The van der Waals surface area contributed by atoms with Crippen molar-refractivity contribution >= 4 is 17.6 Å².